The van der Waals surface area contributed by atoms with E-state index >= 15 is 0 Å². The highest BCUT2D eigenvalue weighted by Gasteiger charge is 2.23. The van der Waals surface area contributed by atoms with Gasteiger partial charge in [-0.15, -0.1) is 6.58 Å². The van der Waals surface area contributed by atoms with E-state index in [9.17, 15) is 0 Å². The van der Waals surface area contributed by atoms with Gasteiger partial charge in [-0.1, -0.05) is 18.6 Å². The number of ether oxygens (including phenoxy) is 2. The van der Waals surface area contributed by atoms with Crippen molar-refractivity contribution in [2.45, 2.75) is 38.1 Å². The van der Waals surface area contributed by atoms with Gasteiger partial charge in [0.2, 0.25) is 0 Å². The molecule has 0 N–H and O–H groups in total. The number of pyridine rings is 1. The summed E-state index contributed by atoms with van der Waals surface area (Å²) in [5.41, 5.74) is 2.46. The summed E-state index contributed by atoms with van der Waals surface area (Å²) in [5, 5.41) is 0. The van der Waals surface area contributed by atoms with Crippen LogP contribution in [0.15, 0.2) is 55.4 Å². The van der Waals surface area contributed by atoms with E-state index in [2.05, 4.69) is 22.5 Å². The van der Waals surface area contributed by atoms with Crippen LogP contribution in [0.4, 0.5) is 0 Å². The van der Waals surface area contributed by atoms with Gasteiger partial charge in [0.25, 0.3) is 0 Å². The molecule has 0 spiro atoms. The first kappa shape index (κ1) is 19.4. The maximum absolute atomic E-state index is 6.08. The quantitative estimate of drug-likeness (QED) is 0.471. The lowest BCUT2D eigenvalue weighted by atomic mass is 9.96. The molecule has 0 bridgehead atoms. The second-order valence-electron chi connectivity index (χ2n) is 7.00. The zero-order valence-electron chi connectivity index (χ0n) is 16.3. The van der Waals surface area contributed by atoms with Crippen LogP contribution < -0.4 is 9.47 Å². The minimum atomic E-state index is 0.491. The van der Waals surface area contributed by atoms with Gasteiger partial charge in [-0.2, -0.15) is 0 Å². The molecule has 27 heavy (non-hydrogen) atoms. The monoisotopic (exact) mass is 366 g/mol. The van der Waals surface area contributed by atoms with Gasteiger partial charge in [0, 0.05) is 30.5 Å². The summed E-state index contributed by atoms with van der Waals surface area (Å²) in [7, 11) is 1.69. The molecule has 4 heteroatoms. The second kappa shape index (κ2) is 10.1. The van der Waals surface area contributed by atoms with Crippen molar-refractivity contribution in [2.75, 3.05) is 26.8 Å². The molecule has 0 unspecified atom stereocenters. The largest absolute Gasteiger partial charge is 0.497 e. The lowest BCUT2D eigenvalue weighted by Crippen LogP contribution is -2.34. The van der Waals surface area contributed by atoms with Crippen molar-refractivity contribution >= 4 is 0 Å². The van der Waals surface area contributed by atoms with Crippen LogP contribution >= 0.6 is 0 Å². The summed E-state index contributed by atoms with van der Waals surface area (Å²) in [6.45, 7) is 6.76. The van der Waals surface area contributed by atoms with Crippen LogP contribution in [-0.2, 0) is 6.42 Å². The Balaban J connectivity index is 1.54. The molecule has 2 aromatic rings. The van der Waals surface area contributed by atoms with Crippen molar-refractivity contribution in [1.82, 2.24) is 9.88 Å². The number of hydrogen-bond acceptors (Lipinski definition) is 4. The van der Waals surface area contributed by atoms with Crippen LogP contribution in [0.3, 0.4) is 0 Å². The lowest BCUT2D eigenvalue weighted by molar-refractivity contribution is 0.137. The Morgan fingerprint density at radius 1 is 1.30 bits per heavy atom. The molecular formula is C23H30N2O2. The number of allylic oxidation sites excluding steroid dienone is 1. The minimum Gasteiger partial charge on any atom is -0.497 e. The Hall–Kier alpha value is -2.33. The standard InChI is InChI=1S/C23H30N2O2/c1-3-8-19-17-21(26-2)11-12-23(19)27-16-7-15-25-14-5-4-10-22(25)20-9-6-13-24-18-20/h3,6,9,11-13,17-18,22H,1,4-5,7-8,10,14-16H2,2H3/t22-/m1/s1. The topological polar surface area (TPSA) is 34.6 Å². The van der Waals surface area contributed by atoms with Gasteiger partial charge in [0.05, 0.1) is 13.7 Å². The summed E-state index contributed by atoms with van der Waals surface area (Å²) in [5.74, 6) is 1.78. The molecule has 1 aromatic heterocycles. The Kier molecular flexibility index (Phi) is 7.28. The summed E-state index contributed by atoms with van der Waals surface area (Å²) in [6.07, 6.45) is 11.3. The Bertz CT molecular complexity index is 718. The molecule has 1 atom stereocenters. The Labute approximate surface area is 162 Å². The molecule has 4 nitrogen and oxygen atoms in total. The normalized spacial score (nSPS) is 17.4. The first-order chi connectivity index (χ1) is 13.3. The van der Waals surface area contributed by atoms with Crippen molar-refractivity contribution < 1.29 is 9.47 Å². The zero-order chi connectivity index (χ0) is 18.9. The van der Waals surface area contributed by atoms with Gasteiger partial charge in [-0.05, 0) is 62.1 Å². The molecule has 144 valence electrons. The molecule has 0 aliphatic carbocycles. The van der Waals surface area contributed by atoms with Gasteiger partial charge in [-0.3, -0.25) is 9.88 Å². The summed E-state index contributed by atoms with van der Waals surface area (Å²) in [6, 6.07) is 10.7. The highest BCUT2D eigenvalue weighted by atomic mass is 16.5. The van der Waals surface area contributed by atoms with Gasteiger partial charge >= 0.3 is 0 Å². The first-order valence-corrected chi connectivity index (χ1v) is 9.86. The predicted octanol–water partition coefficient (Wildman–Crippen LogP) is 4.81. The van der Waals surface area contributed by atoms with Crippen LogP contribution in [0.1, 0.15) is 42.9 Å². The molecule has 0 saturated carbocycles. The third-order valence-electron chi connectivity index (χ3n) is 5.16. The third kappa shape index (κ3) is 5.33. The number of nitrogens with zero attached hydrogens (tertiary/aromatic N) is 2. The molecule has 2 heterocycles. The maximum atomic E-state index is 6.08. The lowest BCUT2D eigenvalue weighted by Gasteiger charge is -2.35. The highest BCUT2D eigenvalue weighted by Crippen LogP contribution is 2.30. The van der Waals surface area contributed by atoms with Crippen LogP contribution in [0.5, 0.6) is 11.5 Å². The molecular weight excluding hydrogens is 336 g/mol. The van der Waals surface area contributed by atoms with E-state index in [4.69, 9.17) is 9.47 Å². The zero-order valence-corrected chi connectivity index (χ0v) is 16.3. The number of benzene rings is 1. The van der Waals surface area contributed by atoms with Crippen LogP contribution in [0.2, 0.25) is 0 Å². The maximum Gasteiger partial charge on any atom is 0.123 e. The molecule has 0 amide bonds. The Morgan fingerprint density at radius 3 is 3.00 bits per heavy atom. The molecule has 1 aliphatic rings. The number of likely N-dealkylation sites (tertiary alicyclic amines) is 1. The van der Waals surface area contributed by atoms with E-state index in [0.29, 0.717) is 12.6 Å². The van der Waals surface area contributed by atoms with Crippen LogP contribution in [-0.4, -0.2) is 36.7 Å². The average molecular weight is 367 g/mol. The molecule has 0 radical (unpaired) electrons. The van der Waals surface area contributed by atoms with Gasteiger partial charge in [-0.25, -0.2) is 0 Å². The smallest absolute Gasteiger partial charge is 0.123 e. The average Bonchev–Trinajstić information content (AvgIpc) is 2.73. The van der Waals surface area contributed by atoms with Gasteiger partial charge in [0.15, 0.2) is 0 Å². The summed E-state index contributed by atoms with van der Waals surface area (Å²) >= 11 is 0. The minimum absolute atomic E-state index is 0.491. The molecule has 1 aromatic carbocycles. The number of hydrogen-bond donors (Lipinski definition) is 0. The van der Waals surface area contributed by atoms with Crippen LogP contribution in [0.25, 0.3) is 0 Å². The Morgan fingerprint density at radius 2 is 2.22 bits per heavy atom. The van der Waals surface area contributed by atoms with E-state index in [0.717, 1.165) is 43.0 Å². The third-order valence-corrected chi connectivity index (χ3v) is 5.16. The van der Waals surface area contributed by atoms with Gasteiger partial charge in [0.1, 0.15) is 11.5 Å². The van der Waals surface area contributed by atoms with Crippen molar-refractivity contribution in [3.05, 3.63) is 66.5 Å². The number of aromatic nitrogens is 1. The van der Waals surface area contributed by atoms with E-state index in [-0.39, 0.29) is 0 Å². The first-order valence-electron chi connectivity index (χ1n) is 9.86. The number of piperidine rings is 1. The van der Waals surface area contributed by atoms with E-state index in [1.807, 2.05) is 42.7 Å². The summed E-state index contributed by atoms with van der Waals surface area (Å²) in [4.78, 5) is 6.89. The molecule has 3 rings (SSSR count). The van der Waals surface area contributed by atoms with Crippen molar-refractivity contribution in [3.63, 3.8) is 0 Å². The van der Waals surface area contributed by atoms with Crippen molar-refractivity contribution in [1.29, 1.82) is 0 Å². The number of methoxy groups -OCH3 is 1. The SMILES string of the molecule is C=CCc1cc(OC)ccc1OCCCN1CCCC[C@@H]1c1cccnc1. The van der Waals surface area contributed by atoms with E-state index in [1.54, 1.807) is 7.11 Å². The predicted molar refractivity (Wildman–Crippen MR) is 109 cm³/mol. The fourth-order valence-corrected chi connectivity index (χ4v) is 3.80. The van der Waals surface area contributed by atoms with Crippen molar-refractivity contribution in [3.8, 4) is 11.5 Å². The van der Waals surface area contributed by atoms with Crippen LogP contribution in [0, 0.1) is 0 Å². The molecule has 1 saturated heterocycles. The fourth-order valence-electron chi connectivity index (χ4n) is 3.80. The van der Waals surface area contributed by atoms with Gasteiger partial charge < -0.3 is 9.47 Å². The molecule has 1 aliphatic heterocycles. The highest BCUT2D eigenvalue weighted by molar-refractivity contribution is 5.41. The molecule has 1 fully saturated rings. The van der Waals surface area contributed by atoms with E-state index in [1.165, 1.54) is 24.8 Å². The number of rotatable bonds is 9. The fraction of sp³-hybridized carbons (Fsp3) is 0.435. The summed E-state index contributed by atoms with van der Waals surface area (Å²) < 4.78 is 11.4. The van der Waals surface area contributed by atoms with E-state index < -0.39 is 0 Å². The van der Waals surface area contributed by atoms with Crippen molar-refractivity contribution in [2.24, 2.45) is 0 Å². The second-order valence-corrected chi connectivity index (χ2v) is 7.00.